The van der Waals surface area contributed by atoms with Crippen LogP contribution in [0.4, 0.5) is 11.4 Å². The Balaban J connectivity index is 1.33. The van der Waals surface area contributed by atoms with Crippen LogP contribution in [0.25, 0.3) is 0 Å². The second-order valence-corrected chi connectivity index (χ2v) is 10.5. The van der Waals surface area contributed by atoms with Crippen molar-refractivity contribution in [1.29, 1.82) is 0 Å². The van der Waals surface area contributed by atoms with Gasteiger partial charge in [0.15, 0.2) is 0 Å². The van der Waals surface area contributed by atoms with Gasteiger partial charge in [-0.3, -0.25) is 14.4 Å². The molecule has 0 radical (unpaired) electrons. The van der Waals surface area contributed by atoms with E-state index in [9.17, 15) is 13.2 Å². The Morgan fingerprint density at radius 2 is 1.69 bits per heavy atom. The van der Waals surface area contributed by atoms with Crippen molar-refractivity contribution in [3.8, 4) is 5.75 Å². The van der Waals surface area contributed by atoms with Crippen LogP contribution in [0.5, 0.6) is 5.75 Å². The van der Waals surface area contributed by atoms with Crippen molar-refractivity contribution in [2.75, 3.05) is 30.2 Å². The lowest BCUT2D eigenvalue weighted by atomic mass is 9.95. The molecule has 0 aliphatic carbocycles. The molecule has 8 heteroatoms. The summed E-state index contributed by atoms with van der Waals surface area (Å²) >= 11 is 0. The molecule has 1 saturated heterocycles. The smallest absolute Gasteiger partial charge is 0.262 e. The first kappa shape index (κ1) is 24.8. The number of amides is 1. The lowest BCUT2D eigenvalue weighted by Crippen LogP contribution is -2.37. The number of likely N-dealkylation sites (tertiary alicyclic amines) is 1. The maximum absolute atomic E-state index is 12.9. The predicted octanol–water partition coefficient (Wildman–Crippen LogP) is 4.66. The van der Waals surface area contributed by atoms with Crippen molar-refractivity contribution in [3.05, 3.63) is 83.9 Å². The number of methoxy groups -OCH3 is 1. The summed E-state index contributed by atoms with van der Waals surface area (Å²) in [5.74, 6) is 0.362. The second kappa shape index (κ2) is 10.9. The van der Waals surface area contributed by atoms with Crippen LogP contribution in [0, 0.1) is 12.8 Å². The third kappa shape index (κ3) is 6.41. The van der Waals surface area contributed by atoms with Crippen molar-refractivity contribution < 1.29 is 17.9 Å². The van der Waals surface area contributed by atoms with Crippen molar-refractivity contribution in [2.45, 2.75) is 31.2 Å². The highest BCUT2D eigenvalue weighted by Crippen LogP contribution is 2.28. The van der Waals surface area contributed by atoms with Crippen molar-refractivity contribution >= 4 is 27.3 Å². The number of rotatable bonds is 8. The molecule has 7 nitrogen and oxygen atoms in total. The van der Waals surface area contributed by atoms with E-state index in [0.29, 0.717) is 17.1 Å². The van der Waals surface area contributed by atoms with Gasteiger partial charge in [-0.25, -0.2) is 8.42 Å². The van der Waals surface area contributed by atoms with Gasteiger partial charge in [0, 0.05) is 18.2 Å². The molecule has 3 aromatic rings. The number of carbonyl (C=O) groups excluding carboxylic acids is 1. The van der Waals surface area contributed by atoms with E-state index in [1.807, 2.05) is 31.2 Å². The largest absolute Gasteiger partial charge is 0.495 e. The first-order valence-electron chi connectivity index (χ1n) is 11.7. The summed E-state index contributed by atoms with van der Waals surface area (Å²) in [5, 5.41) is 2.94. The zero-order valence-corrected chi connectivity index (χ0v) is 20.8. The Bertz CT molecular complexity index is 1250. The number of hydrogen-bond donors (Lipinski definition) is 2. The number of benzene rings is 3. The van der Waals surface area contributed by atoms with Crippen LogP contribution in [0.2, 0.25) is 0 Å². The second-order valence-electron chi connectivity index (χ2n) is 8.86. The van der Waals surface area contributed by atoms with Gasteiger partial charge >= 0.3 is 0 Å². The fourth-order valence-corrected chi connectivity index (χ4v) is 5.32. The molecule has 35 heavy (non-hydrogen) atoms. The van der Waals surface area contributed by atoms with Gasteiger partial charge < -0.3 is 10.1 Å². The van der Waals surface area contributed by atoms with Crippen LogP contribution in [0.3, 0.4) is 0 Å². The highest BCUT2D eigenvalue weighted by atomic mass is 32.2. The van der Waals surface area contributed by atoms with Gasteiger partial charge in [0.2, 0.25) is 5.91 Å². The zero-order valence-electron chi connectivity index (χ0n) is 20.0. The highest BCUT2D eigenvalue weighted by Gasteiger charge is 2.25. The fraction of sp³-hybridized carbons (Fsp3) is 0.296. The van der Waals surface area contributed by atoms with Crippen LogP contribution in [-0.4, -0.2) is 39.4 Å². The van der Waals surface area contributed by atoms with Crippen molar-refractivity contribution in [1.82, 2.24) is 4.90 Å². The van der Waals surface area contributed by atoms with Crippen LogP contribution < -0.4 is 14.8 Å². The van der Waals surface area contributed by atoms with E-state index in [1.54, 1.807) is 24.3 Å². The Morgan fingerprint density at radius 1 is 1.00 bits per heavy atom. The number of carbonyl (C=O) groups is 1. The minimum absolute atomic E-state index is 0.0254. The van der Waals surface area contributed by atoms with Crippen LogP contribution >= 0.6 is 0 Å². The fourth-order valence-electron chi connectivity index (χ4n) is 4.26. The topological polar surface area (TPSA) is 87.7 Å². The first-order chi connectivity index (χ1) is 16.8. The normalized spacial score (nSPS) is 14.9. The van der Waals surface area contributed by atoms with Gasteiger partial charge in [0.25, 0.3) is 10.0 Å². The average molecular weight is 494 g/mol. The van der Waals surface area contributed by atoms with Crippen molar-refractivity contribution in [2.24, 2.45) is 5.92 Å². The Labute approximate surface area is 207 Å². The van der Waals surface area contributed by atoms with E-state index in [0.717, 1.165) is 38.0 Å². The summed E-state index contributed by atoms with van der Waals surface area (Å²) in [6.45, 7) is 4.52. The van der Waals surface area contributed by atoms with E-state index in [2.05, 4.69) is 27.1 Å². The molecule has 1 fully saturated rings. The van der Waals surface area contributed by atoms with E-state index in [-0.39, 0.29) is 16.7 Å². The summed E-state index contributed by atoms with van der Waals surface area (Å²) in [6.07, 6.45) is 1.60. The molecule has 4 rings (SSSR count). The molecule has 0 spiro atoms. The molecule has 2 N–H and O–H groups in total. The minimum atomic E-state index is -3.81. The number of ether oxygens (including phenoxy) is 1. The van der Waals surface area contributed by atoms with Crippen LogP contribution in [0.1, 0.15) is 24.0 Å². The molecule has 1 heterocycles. The van der Waals surface area contributed by atoms with E-state index in [4.69, 9.17) is 4.74 Å². The van der Waals surface area contributed by atoms with Gasteiger partial charge in [-0.1, -0.05) is 36.4 Å². The number of piperidine rings is 1. The summed E-state index contributed by atoms with van der Waals surface area (Å²) in [7, 11) is -2.32. The van der Waals surface area contributed by atoms with Gasteiger partial charge in [0.05, 0.1) is 17.7 Å². The molecular formula is C27H31N3O4S. The zero-order chi connectivity index (χ0) is 24.8. The minimum Gasteiger partial charge on any atom is -0.495 e. The van der Waals surface area contributed by atoms with Crippen LogP contribution in [-0.2, 0) is 21.4 Å². The number of nitrogens with zero attached hydrogens (tertiary/aromatic N) is 1. The van der Waals surface area contributed by atoms with E-state index in [1.165, 1.54) is 24.8 Å². The third-order valence-electron chi connectivity index (χ3n) is 6.24. The summed E-state index contributed by atoms with van der Waals surface area (Å²) < 4.78 is 33.6. The summed E-state index contributed by atoms with van der Waals surface area (Å²) in [4.78, 5) is 15.3. The number of aryl methyl sites for hydroxylation is 1. The van der Waals surface area contributed by atoms with Crippen LogP contribution in [0.15, 0.2) is 77.7 Å². The van der Waals surface area contributed by atoms with Gasteiger partial charge in [0.1, 0.15) is 5.75 Å². The van der Waals surface area contributed by atoms with E-state index < -0.39 is 10.0 Å². The SMILES string of the molecule is COc1ccc(C)cc1NS(=O)(=O)c1ccc(NC(=O)C2CCN(Cc3ccccc3)CC2)cc1. The lowest BCUT2D eigenvalue weighted by Gasteiger charge is -2.31. The molecule has 0 saturated carbocycles. The Morgan fingerprint density at radius 3 is 2.34 bits per heavy atom. The number of nitrogens with one attached hydrogen (secondary N) is 2. The summed E-state index contributed by atoms with van der Waals surface area (Å²) in [6, 6.07) is 21.8. The Kier molecular flexibility index (Phi) is 7.73. The van der Waals surface area contributed by atoms with Gasteiger partial charge in [-0.05, 0) is 80.4 Å². The number of anilines is 2. The lowest BCUT2D eigenvalue weighted by molar-refractivity contribution is -0.121. The molecule has 0 aromatic heterocycles. The monoisotopic (exact) mass is 493 g/mol. The molecule has 3 aromatic carbocycles. The predicted molar refractivity (Wildman–Crippen MR) is 138 cm³/mol. The van der Waals surface area contributed by atoms with E-state index >= 15 is 0 Å². The maximum atomic E-state index is 12.9. The number of sulfonamides is 1. The third-order valence-corrected chi connectivity index (χ3v) is 7.62. The van der Waals surface area contributed by atoms with Gasteiger partial charge in [-0.2, -0.15) is 0 Å². The molecule has 1 amide bonds. The number of hydrogen-bond acceptors (Lipinski definition) is 5. The van der Waals surface area contributed by atoms with Crippen molar-refractivity contribution in [3.63, 3.8) is 0 Å². The molecule has 1 aliphatic heterocycles. The van der Waals surface area contributed by atoms with Gasteiger partial charge in [-0.15, -0.1) is 0 Å². The first-order valence-corrected chi connectivity index (χ1v) is 13.2. The quantitative estimate of drug-likeness (QED) is 0.477. The Hall–Kier alpha value is -3.36. The summed E-state index contributed by atoms with van der Waals surface area (Å²) in [5.41, 5.74) is 3.14. The molecule has 1 aliphatic rings. The molecule has 184 valence electrons. The molecule has 0 bridgehead atoms. The standard InChI is InChI=1S/C27H31N3O4S/c1-20-8-13-26(34-2)25(18-20)29-35(32,33)24-11-9-23(10-12-24)28-27(31)22-14-16-30(17-15-22)19-21-6-4-3-5-7-21/h3-13,18,22,29H,14-17,19H2,1-2H3,(H,28,31). The highest BCUT2D eigenvalue weighted by molar-refractivity contribution is 7.92. The molecule has 0 unspecified atom stereocenters. The maximum Gasteiger partial charge on any atom is 0.262 e. The average Bonchev–Trinajstić information content (AvgIpc) is 2.85. The molecule has 0 atom stereocenters. The molecular weight excluding hydrogens is 462 g/mol.